The molecule has 1 heteroatoms. The molecule has 70 valence electrons. The zero-order valence-electron chi connectivity index (χ0n) is 8.38. The van der Waals surface area contributed by atoms with Gasteiger partial charge in [-0.3, -0.25) is 0 Å². The van der Waals surface area contributed by atoms with E-state index in [2.05, 4.69) is 55.6 Å². The molecule has 0 aliphatic carbocycles. The molecule has 0 saturated heterocycles. The first kappa shape index (κ1) is 9.85. The van der Waals surface area contributed by atoms with E-state index in [1.807, 2.05) is 0 Å². The summed E-state index contributed by atoms with van der Waals surface area (Å²) in [7, 11) is 0. The monoisotopic (exact) mass is 175 g/mol. The molecule has 1 aromatic rings. The molecule has 1 N–H and O–H groups in total. The van der Waals surface area contributed by atoms with Gasteiger partial charge in [0, 0.05) is 12.2 Å². The van der Waals surface area contributed by atoms with Gasteiger partial charge in [0.05, 0.1) is 0 Å². The number of aryl methyl sites for hydroxylation is 1. The van der Waals surface area contributed by atoms with Gasteiger partial charge in [0.2, 0.25) is 0 Å². The van der Waals surface area contributed by atoms with Crippen molar-refractivity contribution in [3.63, 3.8) is 0 Å². The van der Waals surface area contributed by atoms with Crippen LogP contribution in [0.3, 0.4) is 0 Å². The number of allylic oxidation sites excluding steroid dienone is 1. The second-order valence-corrected chi connectivity index (χ2v) is 3.13. The Hall–Kier alpha value is -1.24. The van der Waals surface area contributed by atoms with E-state index in [0.29, 0.717) is 0 Å². The third-order valence-electron chi connectivity index (χ3n) is 1.88. The van der Waals surface area contributed by atoms with Crippen molar-refractivity contribution in [2.24, 2.45) is 0 Å². The normalized spacial score (nSPS) is 10.6. The van der Waals surface area contributed by atoms with E-state index >= 15 is 0 Å². The van der Waals surface area contributed by atoms with E-state index < -0.39 is 0 Å². The molecule has 0 amide bonds. The van der Waals surface area contributed by atoms with Gasteiger partial charge in [0.25, 0.3) is 0 Å². The number of anilines is 1. The van der Waals surface area contributed by atoms with Crippen LogP contribution in [0.4, 0.5) is 5.69 Å². The molecular formula is C12H17N. The van der Waals surface area contributed by atoms with Crippen molar-refractivity contribution in [3.05, 3.63) is 42.0 Å². The van der Waals surface area contributed by atoms with Crippen LogP contribution in [0.1, 0.15) is 18.9 Å². The Labute approximate surface area is 80.5 Å². The fourth-order valence-corrected chi connectivity index (χ4v) is 1.10. The molecule has 0 radical (unpaired) electrons. The lowest BCUT2D eigenvalue weighted by Gasteiger charge is -2.02. The molecule has 0 saturated carbocycles. The maximum Gasteiger partial charge on any atom is 0.0342 e. The smallest absolute Gasteiger partial charge is 0.0342 e. The van der Waals surface area contributed by atoms with Gasteiger partial charge in [-0.05, 0) is 25.5 Å². The van der Waals surface area contributed by atoms with Gasteiger partial charge in [-0.15, -0.1) is 0 Å². The summed E-state index contributed by atoms with van der Waals surface area (Å²) in [5.41, 5.74) is 2.49. The van der Waals surface area contributed by atoms with Crippen LogP contribution < -0.4 is 5.32 Å². The molecule has 0 heterocycles. The summed E-state index contributed by atoms with van der Waals surface area (Å²) in [6.07, 6.45) is 5.43. The van der Waals surface area contributed by atoms with Crippen molar-refractivity contribution in [1.29, 1.82) is 0 Å². The molecule has 0 fully saturated rings. The lowest BCUT2D eigenvalue weighted by Crippen LogP contribution is -1.97. The van der Waals surface area contributed by atoms with Crippen LogP contribution in [0.25, 0.3) is 0 Å². The zero-order valence-corrected chi connectivity index (χ0v) is 8.38. The third-order valence-corrected chi connectivity index (χ3v) is 1.88. The molecule has 0 spiro atoms. The van der Waals surface area contributed by atoms with Gasteiger partial charge >= 0.3 is 0 Å². The minimum Gasteiger partial charge on any atom is -0.382 e. The highest BCUT2D eigenvalue weighted by Crippen LogP contribution is 2.07. The van der Waals surface area contributed by atoms with Crippen molar-refractivity contribution in [2.45, 2.75) is 20.3 Å². The van der Waals surface area contributed by atoms with E-state index in [1.165, 1.54) is 11.3 Å². The third kappa shape index (κ3) is 3.79. The summed E-state index contributed by atoms with van der Waals surface area (Å²) in [5, 5.41) is 3.32. The molecule has 1 nitrogen and oxygen atoms in total. The maximum absolute atomic E-state index is 3.32. The van der Waals surface area contributed by atoms with Crippen molar-refractivity contribution in [3.8, 4) is 0 Å². The Morgan fingerprint density at radius 1 is 1.15 bits per heavy atom. The largest absolute Gasteiger partial charge is 0.382 e. The van der Waals surface area contributed by atoms with Crippen LogP contribution in [0.2, 0.25) is 0 Å². The summed E-state index contributed by atoms with van der Waals surface area (Å²) < 4.78 is 0. The Morgan fingerprint density at radius 2 is 1.85 bits per heavy atom. The van der Waals surface area contributed by atoms with Gasteiger partial charge in [-0.2, -0.15) is 0 Å². The first-order valence-electron chi connectivity index (χ1n) is 4.78. The molecule has 0 aliphatic heterocycles. The molecule has 0 bridgehead atoms. The minimum atomic E-state index is 0.914. The topological polar surface area (TPSA) is 12.0 Å². The summed E-state index contributed by atoms with van der Waals surface area (Å²) in [4.78, 5) is 0. The number of nitrogens with one attached hydrogen (secondary N) is 1. The van der Waals surface area contributed by atoms with Crippen molar-refractivity contribution < 1.29 is 0 Å². The van der Waals surface area contributed by atoms with Gasteiger partial charge in [0.15, 0.2) is 0 Å². The van der Waals surface area contributed by atoms with Crippen LogP contribution in [0.5, 0.6) is 0 Å². The predicted octanol–water partition coefficient (Wildman–Crippen LogP) is 3.37. The van der Waals surface area contributed by atoms with Gasteiger partial charge in [-0.1, -0.05) is 36.8 Å². The average molecular weight is 175 g/mol. The second-order valence-electron chi connectivity index (χ2n) is 3.13. The van der Waals surface area contributed by atoms with Crippen molar-refractivity contribution >= 4 is 5.69 Å². The van der Waals surface area contributed by atoms with Crippen LogP contribution in [-0.2, 0) is 0 Å². The summed E-state index contributed by atoms with van der Waals surface area (Å²) in [6.45, 7) is 5.15. The first-order valence-corrected chi connectivity index (χ1v) is 4.78. The SMILES string of the molecule is CCC=CCNc1ccc(C)cc1. The van der Waals surface area contributed by atoms with Gasteiger partial charge in [0.1, 0.15) is 0 Å². The summed E-state index contributed by atoms with van der Waals surface area (Å²) >= 11 is 0. The quantitative estimate of drug-likeness (QED) is 0.692. The molecule has 13 heavy (non-hydrogen) atoms. The van der Waals surface area contributed by atoms with Gasteiger partial charge in [-0.25, -0.2) is 0 Å². The lowest BCUT2D eigenvalue weighted by molar-refractivity contribution is 1.20. The number of hydrogen-bond acceptors (Lipinski definition) is 1. The molecule has 0 atom stereocenters. The molecule has 1 aromatic carbocycles. The Morgan fingerprint density at radius 3 is 2.46 bits per heavy atom. The summed E-state index contributed by atoms with van der Waals surface area (Å²) in [5.74, 6) is 0. The van der Waals surface area contributed by atoms with E-state index in [0.717, 1.165) is 13.0 Å². The number of rotatable bonds is 4. The fraction of sp³-hybridized carbons (Fsp3) is 0.333. The molecule has 0 unspecified atom stereocenters. The molecular weight excluding hydrogens is 158 g/mol. The van der Waals surface area contributed by atoms with Crippen LogP contribution in [0.15, 0.2) is 36.4 Å². The lowest BCUT2D eigenvalue weighted by atomic mass is 10.2. The number of hydrogen-bond donors (Lipinski definition) is 1. The summed E-state index contributed by atoms with van der Waals surface area (Å²) in [6, 6.07) is 8.45. The highest BCUT2D eigenvalue weighted by molar-refractivity contribution is 5.44. The highest BCUT2D eigenvalue weighted by atomic mass is 14.8. The van der Waals surface area contributed by atoms with Crippen molar-refractivity contribution in [2.75, 3.05) is 11.9 Å². The molecule has 1 rings (SSSR count). The predicted molar refractivity (Wildman–Crippen MR) is 59.1 cm³/mol. The van der Waals surface area contributed by atoms with E-state index in [9.17, 15) is 0 Å². The van der Waals surface area contributed by atoms with Crippen LogP contribution >= 0.6 is 0 Å². The van der Waals surface area contributed by atoms with Crippen LogP contribution in [0, 0.1) is 6.92 Å². The maximum atomic E-state index is 3.32. The minimum absolute atomic E-state index is 0.914. The Balaban J connectivity index is 2.37. The highest BCUT2D eigenvalue weighted by Gasteiger charge is 1.87. The molecule has 0 aromatic heterocycles. The van der Waals surface area contributed by atoms with E-state index in [1.54, 1.807) is 0 Å². The standard InChI is InChI=1S/C12H17N/c1-3-4-5-10-13-12-8-6-11(2)7-9-12/h4-9,13H,3,10H2,1-2H3. The Bertz CT molecular complexity index is 259. The first-order chi connectivity index (χ1) is 6.33. The fourth-order valence-electron chi connectivity index (χ4n) is 1.10. The van der Waals surface area contributed by atoms with E-state index in [-0.39, 0.29) is 0 Å². The van der Waals surface area contributed by atoms with E-state index in [4.69, 9.17) is 0 Å². The molecule has 0 aliphatic rings. The van der Waals surface area contributed by atoms with Crippen molar-refractivity contribution in [1.82, 2.24) is 0 Å². The average Bonchev–Trinajstić information content (AvgIpc) is 2.15. The second kappa shape index (κ2) is 5.41. The zero-order chi connectivity index (χ0) is 9.52. The van der Waals surface area contributed by atoms with Gasteiger partial charge < -0.3 is 5.32 Å². The number of benzene rings is 1. The van der Waals surface area contributed by atoms with Crippen LogP contribution in [-0.4, -0.2) is 6.54 Å². The Kier molecular flexibility index (Phi) is 4.10.